The van der Waals surface area contributed by atoms with Crippen molar-refractivity contribution in [2.24, 2.45) is 10.2 Å². The number of hydrogen-bond donors (Lipinski definition) is 3. The third-order valence-electron chi connectivity index (χ3n) is 4.66. The van der Waals surface area contributed by atoms with Gasteiger partial charge >= 0.3 is 5.84 Å². The highest BCUT2D eigenvalue weighted by Crippen LogP contribution is 2.29. The first-order valence-electron chi connectivity index (χ1n) is 9.90. The molecular formula is C23H19ClN5O3S+. The average molecular weight is 481 g/mol. The van der Waals surface area contributed by atoms with Gasteiger partial charge < -0.3 is 5.11 Å². The van der Waals surface area contributed by atoms with Crippen LogP contribution in [0, 0.1) is 0 Å². The summed E-state index contributed by atoms with van der Waals surface area (Å²) in [7, 11) is 0. The van der Waals surface area contributed by atoms with Gasteiger partial charge in [0.05, 0.1) is 22.0 Å². The van der Waals surface area contributed by atoms with E-state index < -0.39 is 17.3 Å². The lowest BCUT2D eigenvalue weighted by atomic mass is 10.2. The molecule has 4 rings (SSSR count). The zero-order valence-electron chi connectivity index (χ0n) is 17.2. The van der Waals surface area contributed by atoms with E-state index in [9.17, 15) is 14.7 Å². The Hall–Kier alpha value is -3.69. The summed E-state index contributed by atoms with van der Waals surface area (Å²) >= 11 is 7.27. The minimum atomic E-state index is -0.615. The topological polar surface area (TPSA) is 106 Å². The van der Waals surface area contributed by atoms with Crippen molar-refractivity contribution in [3.05, 3.63) is 95.0 Å². The molecule has 0 saturated heterocycles. The molecule has 0 spiro atoms. The van der Waals surface area contributed by atoms with Crippen molar-refractivity contribution >= 4 is 46.7 Å². The molecule has 0 radical (unpaired) electrons. The van der Waals surface area contributed by atoms with Crippen molar-refractivity contribution in [1.82, 2.24) is 10.9 Å². The summed E-state index contributed by atoms with van der Waals surface area (Å²) in [5.74, 6) is -0.553. The van der Waals surface area contributed by atoms with Gasteiger partial charge in [0, 0.05) is 5.02 Å². The Balaban J connectivity index is 1.44. The highest BCUT2D eigenvalue weighted by Gasteiger charge is 2.34. The van der Waals surface area contributed by atoms with Crippen LogP contribution in [0.3, 0.4) is 0 Å². The SMILES string of the molecule is O=C(CSC1N=NC(c2ccc(Cl)cc2)=[N+]1c1ccccc1)NNC(=O)c1ccccc1O. The number of para-hydroxylation sites is 2. The second kappa shape index (κ2) is 10.3. The summed E-state index contributed by atoms with van der Waals surface area (Å²) in [6, 6.07) is 23.0. The van der Waals surface area contributed by atoms with Gasteiger partial charge in [-0.1, -0.05) is 53.7 Å². The van der Waals surface area contributed by atoms with E-state index in [1.54, 1.807) is 24.3 Å². The summed E-state index contributed by atoms with van der Waals surface area (Å²) in [5, 5.41) is 19.1. The molecule has 0 fully saturated rings. The third kappa shape index (κ3) is 5.39. The van der Waals surface area contributed by atoms with Crippen molar-refractivity contribution in [3.8, 4) is 5.75 Å². The Labute approximate surface area is 199 Å². The van der Waals surface area contributed by atoms with Gasteiger partial charge in [0.15, 0.2) is 0 Å². The standard InChI is InChI=1S/C23H18ClN5O3S/c24-16-12-10-15(11-13-16)21-26-28-23(29(21)17-6-2-1-3-7-17)33-14-20(31)25-27-22(32)18-8-4-5-9-19(18)30/h1-13,23,28H,14H2,(H,30,32)/p+1. The molecule has 1 unspecified atom stereocenters. The Morgan fingerprint density at radius 2 is 1.67 bits per heavy atom. The average Bonchev–Trinajstić information content (AvgIpc) is 3.26. The number of benzene rings is 3. The number of rotatable bonds is 6. The predicted molar refractivity (Wildman–Crippen MR) is 127 cm³/mol. The van der Waals surface area contributed by atoms with E-state index in [0.29, 0.717) is 10.9 Å². The Morgan fingerprint density at radius 1 is 0.970 bits per heavy atom. The molecule has 0 aromatic heterocycles. The number of hydrogen-bond acceptors (Lipinski definition) is 6. The highest BCUT2D eigenvalue weighted by molar-refractivity contribution is 8.00. The molecule has 8 nitrogen and oxygen atoms in total. The van der Waals surface area contributed by atoms with Crippen molar-refractivity contribution in [2.45, 2.75) is 5.50 Å². The molecule has 0 aliphatic carbocycles. The first kappa shape index (κ1) is 22.5. The van der Waals surface area contributed by atoms with E-state index in [-0.39, 0.29) is 17.1 Å². The predicted octanol–water partition coefficient (Wildman–Crippen LogP) is 4.08. The van der Waals surface area contributed by atoms with Gasteiger partial charge in [-0.3, -0.25) is 20.4 Å². The quantitative estimate of drug-likeness (QED) is 0.365. The van der Waals surface area contributed by atoms with Crippen LogP contribution in [0.2, 0.25) is 5.02 Å². The van der Waals surface area contributed by atoms with Crippen LogP contribution in [-0.2, 0) is 4.79 Å². The number of phenolic OH excluding ortho intramolecular Hbond substituents is 1. The third-order valence-corrected chi connectivity index (χ3v) is 5.95. The molecule has 0 bridgehead atoms. The van der Waals surface area contributed by atoms with Crippen LogP contribution < -0.4 is 10.9 Å². The number of halogens is 1. The van der Waals surface area contributed by atoms with Gasteiger partial charge in [-0.05, 0) is 53.6 Å². The molecule has 1 aliphatic heterocycles. The fourth-order valence-corrected chi connectivity index (χ4v) is 4.08. The van der Waals surface area contributed by atoms with Gasteiger partial charge in [0.25, 0.3) is 11.4 Å². The summed E-state index contributed by atoms with van der Waals surface area (Å²) in [5.41, 5.74) is 5.96. The van der Waals surface area contributed by atoms with Crippen LogP contribution in [0.5, 0.6) is 5.75 Å². The minimum absolute atomic E-state index is 0.0158. The normalized spacial score (nSPS) is 14.9. The lowest BCUT2D eigenvalue weighted by molar-refractivity contribution is -0.448. The van der Waals surface area contributed by atoms with Crippen molar-refractivity contribution < 1.29 is 19.3 Å². The van der Waals surface area contributed by atoms with Crippen LogP contribution in [-0.4, -0.2) is 38.6 Å². The van der Waals surface area contributed by atoms with E-state index in [0.717, 1.165) is 11.3 Å². The number of aromatic hydroxyl groups is 1. The molecule has 0 saturated carbocycles. The summed E-state index contributed by atoms with van der Waals surface area (Å²) in [6.45, 7) is 0. The maximum atomic E-state index is 12.3. The summed E-state index contributed by atoms with van der Waals surface area (Å²) in [4.78, 5) is 24.5. The summed E-state index contributed by atoms with van der Waals surface area (Å²) in [6.07, 6.45) is 0. The van der Waals surface area contributed by atoms with Crippen LogP contribution in [0.4, 0.5) is 5.69 Å². The molecule has 1 heterocycles. The second-order valence-corrected chi connectivity index (χ2v) is 8.39. The molecule has 3 aromatic rings. The maximum Gasteiger partial charge on any atom is 0.360 e. The number of thioether (sulfide) groups is 1. The monoisotopic (exact) mass is 480 g/mol. The van der Waals surface area contributed by atoms with Crippen molar-refractivity contribution in [1.29, 1.82) is 0 Å². The number of amides is 2. The number of nitrogens with zero attached hydrogens (tertiary/aromatic N) is 3. The van der Waals surface area contributed by atoms with E-state index >= 15 is 0 Å². The van der Waals surface area contributed by atoms with Gasteiger partial charge in [-0.25, -0.2) is 0 Å². The zero-order chi connectivity index (χ0) is 23.2. The van der Waals surface area contributed by atoms with Crippen LogP contribution in [0.1, 0.15) is 15.9 Å². The molecule has 1 aliphatic rings. The number of azo groups is 1. The largest absolute Gasteiger partial charge is 0.507 e. The molecule has 10 heteroatoms. The molecule has 3 aromatic carbocycles. The summed E-state index contributed by atoms with van der Waals surface area (Å²) < 4.78 is 1.93. The molecule has 2 amide bonds. The number of phenols is 1. The maximum absolute atomic E-state index is 12.3. The number of amidine groups is 1. The van der Waals surface area contributed by atoms with Crippen LogP contribution in [0.25, 0.3) is 0 Å². The van der Waals surface area contributed by atoms with E-state index in [2.05, 4.69) is 21.1 Å². The van der Waals surface area contributed by atoms with Gasteiger partial charge in [0.1, 0.15) is 11.4 Å². The van der Waals surface area contributed by atoms with Crippen LogP contribution >= 0.6 is 23.4 Å². The lowest BCUT2D eigenvalue weighted by Crippen LogP contribution is -2.42. The van der Waals surface area contributed by atoms with Crippen molar-refractivity contribution in [2.75, 3.05) is 5.75 Å². The number of carbonyl (C=O) groups is 2. The highest BCUT2D eigenvalue weighted by atomic mass is 35.5. The molecular weight excluding hydrogens is 462 g/mol. The number of carbonyl (C=O) groups excluding carboxylic acids is 2. The Bertz CT molecular complexity index is 1230. The van der Waals surface area contributed by atoms with Gasteiger partial charge in [-0.15, -0.1) is 0 Å². The van der Waals surface area contributed by atoms with E-state index in [4.69, 9.17) is 11.6 Å². The number of hydrazine groups is 1. The minimum Gasteiger partial charge on any atom is -0.507 e. The van der Waals surface area contributed by atoms with E-state index in [1.165, 1.54) is 23.9 Å². The smallest absolute Gasteiger partial charge is 0.360 e. The molecule has 33 heavy (non-hydrogen) atoms. The lowest BCUT2D eigenvalue weighted by Gasteiger charge is -2.11. The first-order chi connectivity index (χ1) is 16.0. The molecule has 166 valence electrons. The van der Waals surface area contributed by atoms with Crippen LogP contribution in [0.15, 0.2) is 89.1 Å². The Morgan fingerprint density at radius 3 is 2.39 bits per heavy atom. The number of nitrogens with one attached hydrogen (secondary N) is 2. The Kier molecular flexibility index (Phi) is 7.01. The van der Waals surface area contributed by atoms with Gasteiger partial charge in [-0.2, -0.15) is 4.58 Å². The second-order valence-electron chi connectivity index (χ2n) is 6.91. The molecule has 3 N–H and O–H groups in total. The first-order valence-corrected chi connectivity index (χ1v) is 11.3. The fraction of sp³-hybridized carbons (Fsp3) is 0.0870. The fourth-order valence-electron chi connectivity index (χ4n) is 3.10. The zero-order valence-corrected chi connectivity index (χ0v) is 18.8. The van der Waals surface area contributed by atoms with E-state index in [1.807, 2.05) is 47.0 Å². The van der Waals surface area contributed by atoms with Gasteiger partial charge in [0.2, 0.25) is 5.91 Å². The molecule has 1 atom stereocenters. The van der Waals surface area contributed by atoms with Crippen molar-refractivity contribution in [3.63, 3.8) is 0 Å².